The second kappa shape index (κ2) is 26.6. The Kier molecular flexibility index (Phi) is 24.9. The summed E-state index contributed by atoms with van der Waals surface area (Å²) in [7, 11) is -5.21. The topological polar surface area (TPSA) is 212 Å². The third-order valence-corrected chi connectivity index (χ3v) is 9.28. The zero-order valence-corrected chi connectivity index (χ0v) is 30.3. The standard InChI is InChI=1S/C34H66NO12P/c1-3-5-7-9-11-13-15-17-19-21-26(37)23-29(39)35-31-33(32(41)28(25-36)45-34(31)47-48(42,43)44)46-30(40)24-27(38)22-20-18-16-14-12-10-8-6-4-2/h26-28,31-34,36-38,41H,3-25H2,1-2H3,(H,35,39)(H2,42,43,44)/t26?,27?,28-,31-,32-,33-,34-/m1/s1. The molecule has 1 heterocycles. The normalized spacial score (nSPS) is 22.7. The first-order chi connectivity index (χ1) is 22.9. The molecule has 1 fully saturated rings. The molecule has 48 heavy (non-hydrogen) atoms. The highest BCUT2D eigenvalue weighted by Gasteiger charge is 2.50. The van der Waals surface area contributed by atoms with E-state index in [0.717, 1.165) is 44.9 Å². The van der Waals surface area contributed by atoms with E-state index < -0.39 is 75.6 Å². The van der Waals surface area contributed by atoms with Gasteiger partial charge in [0.2, 0.25) is 5.91 Å². The van der Waals surface area contributed by atoms with E-state index in [4.69, 9.17) is 14.0 Å². The molecule has 14 heteroatoms. The lowest BCUT2D eigenvalue weighted by Crippen LogP contribution is -2.65. The molecule has 1 amide bonds. The minimum atomic E-state index is -5.21. The van der Waals surface area contributed by atoms with Crippen molar-refractivity contribution >= 4 is 19.7 Å². The number of aliphatic hydroxyl groups excluding tert-OH is 4. The number of phosphoric acid groups is 1. The van der Waals surface area contributed by atoms with Gasteiger partial charge in [-0.2, -0.15) is 0 Å². The van der Waals surface area contributed by atoms with Crippen molar-refractivity contribution in [2.75, 3.05) is 6.61 Å². The fourth-order valence-corrected chi connectivity index (χ4v) is 6.47. The number of hydrogen-bond acceptors (Lipinski definition) is 10. The number of nitrogens with one attached hydrogen (secondary N) is 1. The van der Waals surface area contributed by atoms with Crippen LogP contribution in [0.2, 0.25) is 0 Å². The minimum Gasteiger partial charge on any atom is -0.457 e. The predicted molar refractivity (Wildman–Crippen MR) is 182 cm³/mol. The van der Waals surface area contributed by atoms with Crippen molar-refractivity contribution in [3.63, 3.8) is 0 Å². The van der Waals surface area contributed by atoms with Gasteiger partial charge in [0, 0.05) is 0 Å². The Morgan fingerprint density at radius 3 is 1.62 bits per heavy atom. The molecule has 0 aliphatic carbocycles. The Hall–Kier alpha value is -1.15. The van der Waals surface area contributed by atoms with Crippen LogP contribution in [0.15, 0.2) is 0 Å². The number of rotatable bonds is 29. The first-order valence-corrected chi connectivity index (χ1v) is 20.0. The van der Waals surface area contributed by atoms with Crippen LogP contribution in [0.4, 0.5) is 0 Å². The van der Waals surface area contributed by atoms with Crippen molar-refractivity contribution in [2.45, 2.75) is 198 Å². The number of aliphatic hydroxyl groups is 4. The molecule has 284 valence electrons. The van der Waals surface area contributed by atoms with Gasteiger partial charge in [-0.1, -0.05) is 129 Å². The van der Waals surface area contributed by atoms with Gasteiger partial charge in [0.25, 0.3) is 0 Å². The van der Waals surface area contributed by atoms with Crippen LogP contribution in [0.5, 0.6) is 0 Å². The summed E-state index contributed by atoms with van der Waals surface area (Å²) < 4.78 is 27.2. The van der Waals surface area contributed by atoms with E-state index in [1.54, 1.807) is 0 Å². The van der Waals surface area contributed by atoms with Gasteiger partial charge in [-0.05, 0) is 12.8 Å². The fourth-order valence-electron chi connectivity index (χ4n) is 6.02. The second-order valence-electron chi connectivity index (χ2n) is 13.3. The molecule has 1 aliphatic rings. The molecule has 7 N–H and O–H groups in total. The van der Waals surface area contributed by atoms with Crippen LogP contribution in [0.1, 0.15) is 155 Å². The van der Waals surface area contributed by atoms with Crippen molar-refractivity contribution in [1.29, 1.82) is 0 Å². The van der Waals surface area contributed by atoms with Gasteiger partial charge in [0.15, 0.2) is 12.4 Å². The van der Waals surface area contributed by atoms with Gasteiger partial charge >= 0.3 is 13.8 Å². The maximum absolute atomic E-state index is 12.9. The van der Waals surface area contributed by atoms with Crippen molar-refractivity contribution in [1.82, 2.24) is 5.32 Å². The molecular weight excluding hydrogens is 645 g/mol. The third-order valence-electron chi connectivity index (χ3n) is 8.80. The molecular formula is C34H66NO12P. The van der Waals surface area contributed by atoms with Crippen LogP contribution in [-0.2, 0) is 28.2 Å². The number of unbranched alkanes of at least 4 members (excludes halogenated alkanes) is 16. The van der Waals surface area contributed by atoms with Gasteiger partial charge in [-0.3, -0.25) is 14.1 Å². The molecule has 0 spiro atoms. The number of amides is 1. The van der Waals surface area contributed by atoms with E-state index in [2.05, 4.69) is 19.2 Å². The van der Waals surface area contributed by atoms with Gasteiger partial charge in [0.1, 0.15) is 18.2 Å². The Morgan fingerprint density at radius 2 is 1.19 bits per heavy atom. The summed E-state index contributed by atoms with van der Waals surface area (Å²) >= 11 is 0. The molecule has 13 nitrogen and oxygen atoms in total. The number of phosphoric ester groups is 1. The molecule has 1 aliphatic heterocycles. The minimum absolute atomic E-state index is 0.353. The smallest absolute Gasteiger partial charge is 0.457 e. The lowest BCUT2D eigenvalue weighted by atomic mass is 9.96. The molecule has 0 radical (unpaired) electrons. The quantitative estimate of drug-likeness (QED) is 0.0313. The first-order valence-electron chi connectivity index (χ1n) is 18.4. The van der Waals surface area contributed by atoms with Crippen LogP contribution in [0.25, 0.3) is 0 Å². The fraction of sp³-hybridized carbons (Fsp3) is 0.941. The molecule has 1 saturated heterocycles. The van der Waals surface area contributed by atoms with E-state index in [9.17, 15) is 44.4 Å². The van der Waals surface area contributed by atoms with Gasteiger partial charge < -0.3 is 45.0 Å². The Balaban J connectivity index is 2.70. The van der Waals surface area contributed by atoms with E-state index >= 15 is 0 Å². The highest BCUT2D eigenvalue weighted by Crippen LogP contribution is 2.41. The first kappa shape index (κ1) is 44.9. The van der Waals surface area contributed by atoms with Crippen LogP contribution >= 0.6 is 7.82 Å². The third kappa shape index (κ3) is 21.2. The van der Waals surface area contributed by atoms with E-state index in [0.29, 0.717) is 19.3 Å². The summed E-state index contributed by atoms with van der Waals surface area (Å²) in [6.45, 7) is 3.55. The summed E-state index contributed by atoms with van der Waals surface area (Å²) in [5, 5.41) is 43.9. The Bertz CT molecular complexity index is 890. The summed E-state index contributed by atoms with van der Waals surface area (Å²) in [6.07, 6.45) is 11.0. The van der Waals surface area contributed by atoms with Crippen molar-refractivity contribution in [3.05, 3.63) is 0 Å². The average molecular weight is 712 g/mol. The molecule has 7 atom stereocenters. The number of ether oxygens (including phenoxy) is 2. The molecule has 2 unspecified atom stereocenters. The van der Waals surface area contributed by atoms with E-state index in [1.807, 2.05) is 0 Å². The second-order valence-corrected chi connectivity index (χ2v) is 14.5. The molecule has 0 aromatic rings. The molecule has 0 aromatic carbocycles. The zero-order valence-electron chi connectivity index (χ0n) is 29.4. The van der Waals surface area contributed by atoms with E-state index in [-0.39, 0.29) is 6.42 Å². The molecule has 0 aromatic heterocycles. The number of carbonyl (C=O) groups is 2. The van der Waals surface area contributed by atoms with Crippen LogP contribution in [0.3, 0.4) is 0 Å². The molecule has 1 rings (SSSR count). The van der Waals surface area contributed by atoms with Crippen molar-refractivity contribution < 1.29 is 58.4 Å². The van der Waals surface area contributed by atoms with Crippen LogP contribution in [0, 0.1) is 0 Å². The number of hydrogen-bond donors (Lipinski definition) is 7. The summed E-state index contributed by atoms with van der Waals surface area (Å²) in [4.78, 5) is 44.7. The van der Waals surface area contributed by atoms with Crippen LogP contribution < -0.4 is 5.32 Å². The molecule has 0 saturated carbocycles. The Labute approximate surface area is 287 Å². The highest BCUT2D eigenvalue weighted by molar-refractivity contribution is 7.46. The summed E-state index contributed by atoms with van der Waals surface area (Å²) in [5.41, 5.74) is 0. The maximum atomic E-state index is 12.9. The summed E-state index contributed by atoms with van der Waals surface area (Å²) in [5.74, 6) is -1.66. The van der Waals surface area contributed by atoms with Crippen LogP contribution in [-0.4, -0.2) is 91.5 Å². The average Bonchev–Trinajstić information content (AvgIpc) is 3.01. The lowest BCUT2D eigenvalue weighted by molar-refractivity contribution is -0.254. The summed E-state index contributed by atoms with van der Waals surface area (Å²) in [6, 6.07) is -1.60. The lowest BCUT2D eigenvalue weighted by Gasteiger charge is -2.43. The monoisotopic (exact) mass is 711 g/mol. The van der Waals surface area contributed by atoms with Gasteiger partial charge in [0.05, 0.1) is 31.7 Å². The zero-order chi connectivity index (χ0) is 35.8. The van der Waals surface area contributed by atoms with Crippen molar-refractivity contribution in [2.24, 2.45) is 0 Å². The SMILES string of the molecule is CCCCCCCCCCCC(O)CC(=O)N[C@H]1[C@@H](OP(=O)(O)O)O[C@H](CO)[C@@H](O)[C@@H]1OC(=O)CC(O)CCCCCCCCCCC. The highest BCUT2D eigenvalue weighted by atomic mass is 31.2. The number of esters is 1. The van der Waals surface area contributed by atoms with Gasteiger partial charge in [-0.15, -0.1) is 0 Å². The largest absolute Gasteiger partial charge is 0.472 e. The Morgan fingerprint density at radius 1 is 0.750 bits per heavy atom. The predicted octanol–water partition coefficient (Wildman–Crippen LogP) is 4.91. The number of carbonyl (C=O) groups excluding carboxylic acids is 2. The molecule has 0 bridgehead atoms. The van der Waals surface area contributed by atoms with E-state index in [1.165, 1.54) is 64.2 Å². The van der Waals surface area contributed by atoms with Crippen molar-refractivity contribution in [3.8, 4) is 0 Å². The van der Waals surface area contributed by atoms with Gasteiger partial charge in [-0.25, -0.2) is 4.57 Å². The maximum Gasteiger partial charge on any atom is 0.472 e.